The fraction of sp³-hybridized carbons (Fsp3) is 0.500. The van der Waals surface area contributed by atoms with E-state index in [9.17, 15) is 13.7 Å². The summed E-state index contributed by atoms with van der Waals surface area (Å²) in [4.78, 5) is 0. The minimum absolute atomic E-state index is 0.360. The maximum absolute atomic E-state index is 12.0. The standard InChI is InChI=1S/C21H24O6P2.C9H16O2.C6H5ClO2P/c22-28(26-20-7-3-1-4-8-20)24-14-18-12-17-11-16(18)13-19(17)15-25-29(23)27-21-9-5-2-6-10-21;10-4-8-2-6-1-7(8)3-9(6)5-11;7-10(8)9-6-4-2-1-3-5-6/h1-10,16-19H,11-15H2;6-11H,1-5H2;1-5H/q+2;;+1. The molecular formula is C36H45ClO10P3+3. The Morgan fingerprint density at radius 1 is 0.500 bits per heavy atom. The minimum atomic E-state index is -2.16. The van der Waals surface area contributed by atoms with Crippen molar-refractivity contribution in [1.29, 1.82) is 0 Å². The zero-order chi connectivity index (χ0) is 35.3. The van der Waals surface area contributed by atoms with E-state index in [1.165, 1.54) is 6.42 Å². The SMILES string of the molecule is O=[P+](Cl)Oc1ccccc1.O=[P+](OCC1CC2CC1CC2CO[P+](=O)Oc1ccccc1)Oc1ccccc1.OCC1CC2CC1CC2CO. The maximum Gasteiger partial charge on any atom is 0.750 e. The molecule has 4 bridgehead atoms. The van der Waals surface area contributed by atoms with E-state index in [1.54, 1.807) is 48.5 Å². The molecule has 10 nitrogen and oxygen atoms in total. The molecule has 4 aliphatic carbocycles. The van der Waals surface area contributed by atoms with Gasteiger partial charge in [-0.3, -0.25) is 0 Å². The minimum Gasteiger partial charge on any atom is -0.396 e. The van der Waals surface area contributed by atoms with Crippen LogP contribution in [0.5, 0.6) is 17.2 Å². The lowest BCUT2D eigenvalue weighted by molar-refractivity contribution is 0.122. The van der Waals surface area contributed by atoms with Gasteiger partial charge in [0.1, 0.15) is 13.2 Å². The summed E-state index contributed by atoms with van der Waals surface area (Å²) in [6, 6.07) is 26.9. The van der Waals surface area contributed by atoms with E-state index in [0.717, 1.165) is 43.9 Å². The van der Waals surface area contributed by atoms with Gasteiger partial charge in [-0.05, 0) is 122 Å². The molecule has 7 rings (SSSR count). The van der Waals surface area contributed by atoms with Crippen molar-refractivity contribution in [2.24, 2.45) is 47.3 Å². The van der Waals surface area contributed by atoms with Crippen LogP contribution in [0.3, 0.4) is 0 Å². The first-order chi connectivity index (χ1) is 24.3. The zero-order valence-corrected chi connectivity index (χ0v) is 31.2. The molecule has 11 atom stereocenters. The molecule has 3 aromatic rings. The van der Waals surface area contributed by atoms with Gasteiger partial charge in [0.25, 0.3) is 11.2 Å². The van der Waals surface area contributed by atoms with Crippen LogP contribution in [-0.4, -0.2) is 36.6 Å². The number of para-hydroxylation sites is 3. The number of benzene rings is 3. The summed E-state index contributed by atoms with van der Waals surface area (Å²) in [6.45, 7) is 1.61. The first-order valence-electron chi connectivity index (χ1n) is 17.0. The number of aliphatic hydroxyl groups excluding tert-OH is 2. The smallest absolute Gasteiger partial charge is 0.396 e. The van der Waals surface area contributed by atoms with E-state index in [-0.39, 0.29) is 0 Å². The normalized spacial score (nSPS) is 28.0. The Balaban J connectivity index is 0.000000187. The predicted octanol–water partition coefficient (Wildman–Crippen LogP) is 9.75. The van der Waals surface area contributed by atoms with E-state index in [2.05, 4.69) is 4.52 Å². The van der Waals surface area contributed by atoms with E-state index in [0.29, 0.717) is 79.2 Å². The molecule has 0 aromatic heterocycles. The lowest BCUT2D eigenvalue weighted by Gasteiger charge is -2.24. The highest BCUT2D eigenvalue weighted by molar-refractivity contribution is 7.70. The lowest BCUT2D eigenvalue weighted by Crippen LogP contribution is -2.23. The van der Waals surface area contributed by atoms with Crippen molar-refractivity contribution in [3.05, 3.63) is 91.0 Å². The Hall–Kier alpha value is -2.51. The van der Waals surface area contributed by atoms with E-state index in [4.69, 9.17) is 39.5 Å². The van der Waals surface area contributed by atoms with Gasteiger partial charge in [-0.15, -0.1) is 9.05 Å². The van der Waals surface area contributed by atoms with Crippen molar-refractivity contribution in [3.63, 3.8) is 0 Å². The number of hydrogen-bond donors (Lipinski definition) is 2. The van der Waals surface area contributed by atoms with Crippen molar-refractivity contribution in [1.82, 2.24) is 0 Å². The summed E-state index contributed by atoms with van der Waals surface area (Å²) in [5, 5.41) is 18.0. The quantitative estimate of drug-likeness (QED) is 0.153. The topological polar surface area (TPSA) is 138 Å². The van der Waals surface area contributed by atoms with Gasteiger partial charge >= 0.3 is 23.9 Å². The Morgan fingerprint density at radius 3 is 1.12 bits per heavy atom. The monoisotopic (exact) mass is 765 g/mol. The zero-order valence-electron chi connectivity index (χ0n) is 27.7. The highest BCUT2D eigenvalue weighted by Gasteiger charge is 2.48. The van der Waals surface area contributed by atoms with Gasteiger partial charge in [-0.25, -0.2) is 13.6 Å². The van der Waals surface area contributed by atoms with Crippen molar-refractivity contribution in [3.8, 4) is 17.2 Å². The van der Waals surface area contributed by atoms with Gasteiger partial charge in [0.05, 0.1) is 0 Å². The molecule has 0 spiro atoms. The summed E-state index contributed by atoms with van der Waals surface area (Å²) in [6.07, 6.45) is 6.73. The summed E-state index contributed by atoms with van der Waals surface area (Å²) >= 11 is 5.10. The maximum atomic E-state index is 12.0. The average molecular weight is 766 g/mol. The second-order valence-electron chi connectivity index (χ2n) is 13.3. The number of fused-ring (bicyclic) bond motifs is 4. The van der Waals surface area contributed by atoms with Crippen molar-refractivity contribution >= 4 is 35.1 Å². The molecule has 14 heteroatoms. The number of hydrogen-bond acceptors (Lipinski definition) is 10. The van der Waals surface area contributed by atoms with E-state index in [1.807, 2.05) is 42.5 Å². The van der Waals surface area contributed by atoms with Gasteiger partial charge in [-0.1, -0.05) is 54.6 Å². The second-order valence-corrected chi connectivity index (χ2v) is 16.5. The highest BCUT2D eigenvalue weighted by atomic mass is 35.7. The molecule has 0 aliphatic heterocycles. The fourth-order valence-corrected chi connectivity index (χ4v) is 9.79. The Labute approximate surface area is 301 Å². The third kappa shape index (κ3) is 11.8. The first-order valence-corrected chi connectivity index (χ1v) is 21.3. The fourth-order valence-electron chi connectivity index (χ4n) is 7.95. The van der Waals surface area contributed by atoms with Crippen molar-refractivity contribution in [2.75, 3.05) is 26.4 Å². The Kier molecular flexibility index (Phi) is 15.4. The molecule has 4 aliphatic rings. The van der Waals surface area contributed by atoms with Gasteiger partial charge in [0.15, 0.2) is 17.2 Å². The van der Waals surface area contributed by atoms with E-state index < -0.39 is 23.9 Å². The van der Waals surface area contributed by atoms with Gasteiger partial charge in [0, 0.05) is 26.9 Å². The number of halogens is 1. The highest BCUT2D eigenvalue weighted by Crippen LogP contribution is 2.53. The van der Waals surface area contributed by atoms with Gasteiger partial charge in [-0.2, -0.15) is 0 Å². The van der Waals surface area contributed by atoms with Crippen LogP contribution in [0.15, 0.2) is 91.0 Å². The predicted molar refractivity (Wildman–Crippen MR) is 192 cm³/mol. The van der Waals surface area contributed by atoms with Crippen LogP contribution in [0.25, 0.3) is 0 Å². The number of rotatable bonds is 14. The molecule has 4 saturated carbocycles. The summed E-state index contributed by atoms with van der Waals surface area (Å²) < 4.78 is 60.6. The molecule has 4 fully saturated rings. The molecular weight excluding hydrogens is 721 g/mol. The van der Waals surface area contributed by atoms with Crippen LogP contribution in [0.2, 0.25) is 0 Å². The lowest BCUT2D eigenvalue weighted by atomic mass is 9.83. The Bertz CT molecular complexity index is 1420. The molecule has 2 N–H and O–H groups in total. The van der Waals surface area contributed by atoms with Crippen LogP contribution < -0.4 is 13.6 Å². The molecule has 0 heterocycles. The summed E-state index contributed by atoms with van der Waals surface area (Å²) in [5.74, 6) is 6.03. The van der Waals surface area contributed by atoms with Gasteiger partial charge < -0.3 is 10.2 Å². The van der Waals surface area contributed by atoms with Crippen LogP contribution >= 0.6 is 35.1 Å². The molecule has 268 valence electrons. The van der Waals surface area contributed by atoms with Crippen LogP contribution in [0, 0.1) is 47.3 Å². The second kappa shape index (κ2) is 19.9. The average Bonchev–Trinajstić information content (AvgIpc) is 3.93. The molecule has 50 heavy (non-hydrogen) atoms. The Morgan fingerprint density at radius 2 is 0.820 bits per heavy atom. The van der Waals surface area contributed by atoms with Crippen molar-refractivity contribution in [2.45, 2.75) is 38.5 Å². The number of aliphatic hydroxyl groups is 2. The van der Waals surface area contributed by atoms with Crippen LogP contribution in [-0.2, 0) is 22.7 Å². The molecule has 0 saturated heterocycles. The van der Waals surface area contributed by atoms with Crippen molar-refractivity contribution < 1.29 is 46.5 Å². The van der Waals surface area contributed by atoms with E-state index >= 15 is 0 Å². The molecule has 11 unspecified atom stereocenters. The van der Waals surface area contributed by atoms with Crippen LogP contribution in [0.1, 0.15) is 38.5 Å². The van der Waals surface area contributed by atoms with Gasteiger partial charge in [0.2, 0.25) is 0 Å². The molecule has 0 amide bonds. The third-order valence-corrected chi connectivity index (χ3v) is 12.3. The summed E-state index contributed by atoms with van der Waals surface area (Å²) in [5.41, 5.74) is 0. The summed E-state index contributed by atoms with van der Waals surface area (Å²) in [7, 11) is -6.38. The largest absolute Gasteiger partial charge is 0.750 e. The first kappa shape index (κ1) is 38.7. The molecule has 3 aromatic carbocycles. The third-order valence-electron chi connectivity index (χ3n) is 10.3. The molecule has 0 radical (unpaired) electrons. The van der Waals surface area contributed by atoms with Crippen LogP contribution in [0.4, 0.5) is 0 Å².